The highest BCUT2D eigenvalue weighted by atomic mass is 32.2. The van der Waals surface area contributed by atoms with Crippen LogP contribution in [0.4, 0.5) is 29.3 Å². The smallest absolute Gasteiger partial charge is 0.416 e. The number of aliphatic hydroxyl groups is 1. The van der Waals surface area contributed by atoms with Gasteiger partial charge in [-0.3, -0.25) is 9.52 Å². The third-order valence-corrected chi connectivity index (χ3v) is 9.72. The fourth-order valence-electron chi connectivity index (χ4n) is 4.44. The van der Waals surface area contributed by atoms with E-state index in [1.54, 1.807) is 18.4 Å². The van der Waals surface area contributed by atoms with Crippen molar-refractivity contribution in [2.24, 2.45) is 5.92 Å². The molecule has 0 bridgehead atoms. The molecule has 2 heterocycles. The largest absolute Gasteiger partial charge is 0.487 e. The number of sulfonamides is 1. The lowest BCUT2D eigenvalue weighted by atomic mass is 9.99. The Balaban J connectivity index is 1.57. The number of nitrogens with one attached hydrogen (secondary N) is 2. The molecule has 0 radical (unpaired) electrons. The van der Waals surface area contributed by atoms with Crippen molar-refractivity contribution in [1.82, 2.24) is 9.80 Å². The zero-order valence-electron chi connectivity index (χ0n) is 23.5. The highest BCUT2D eigenvalue weighted by molar-refractivity contribution is 7.94. The van der Waals surface area contributed by atoms with Crippen molar-refractivity contribution in [3.05, 3.63) is 71.1 Å². The number of ether oxygens (including phenoxy) is 1. The zero-order valence-corrected chi connectivity index (χ0v) is 25.1. The molecule has 3 atom stereocenters. The standard InChI is InChI=1S/C28H31F3N4O6S2/c1-17-14-35(18(2)16-36)26(37)22-13-21(33-43(39,40)25-5-4-12-42-25)10-11-23(22)41-24(17)15-34(3)27(38)32-20-8-6-19(7-9-20)28(29,30)31/h4-13,17-18,24,33,36H,14-16H2,1-3H3,(H,32,38)/t17-,18+,24-/m0/s1. The Hall–Kier alpha value is -3.82. The average molecular weight is 641 g/mol. The Morgan fingerprint density at radius 2 is 1.86 bits per heavy atom. The van der Waals surface area contributed by atoms with Gasteiger partial charge in [0.15, 0.2) is 0 Å². The van der Waals surface area contributed by atoms with Gasteiger partial charge in [-0.2, -0.15) is 13.2 Å². The average Bonchev–Trinajstić information content (AvgIpc) is 3.51. The van der Waals surface area contributed by atoms with Crippen molar-refractivity contribution < 1.29 is 41.0 Å². The van der Waals surface area contributed by atoms with Crippen LogP contribution in [0.15, 0.2) is 64.2 Å². The molecule has 15 heteroatoms. The summed E-state index contributed by atoms with van der Waals surface area (Å²) in [5.74, 6) is -0.635. The normalized spacial score (nSPS) is 18.1. The molecular weight excluding hydrogens is 609 g/mol. The van der Waals surface area contributed by atoms with Crippen LogP contribution in [0.1, 0.15) is 29.8 Å². The first-order valence-corrected chi connectivity index (χ1v) is 15.5. The number of carbonyl (C=O) groups is 2. The van der Waals surface area contributed by atoms with Crippen LogP contribution in [0.2, 0.25) is 0 Å². The second-order valence-corrected chi connectivity index (χ2v) is 13.1. The molecule has 1 aromatic heterocycles. The van der Waals surface area contributed by atoms with Gasteiger partial charge in [-0.15, -0.1) is 11.3 Å². The van der Waals surface area contributed by atoms with Crippen molar-refractivity contribution in [3.8, 4) is 5.75 Å². The molecule has 3 amide bonds. The Labute approximate surface area is 251 Å². The van der Waals surface area contributed by atoms with Crippen LogP contribution in [0.5, 0.6) is 5.75 Å². The maximum absolute atomic E-state index is 13.6. The first kappa shape index (κ1) is 32.1. The molecule has 1 aliphatic rings. The number of thiophene rings is 1. The molecule has 10 nitrogen and oxygen atoms in total. The van der Waals surface area contributed by atoms with Gasteiger partial charge in [0.1, 0.15) is 16.1 Å². The molecule has 3 N–H and O–H groups in total. The fraction of sp³-hybridized carbons (Fsp3) is 0.357. The summed E-state index contributed by atoms with van der Waals surface area (Å²) in [5.41, 5.74) is -0.458. The number of hydrogen-bond acceptors (Lipinski definition) is 7. The number of amides is 3. The van der Waals surface area contributed by atoms with E-state index in [0.29, 0.717) is 0 Å². The SMILES string of the molecule is C[C@H](CO)N1C[C@H](C)[C@H](CN(C)C(=O)Nc2ccc(C(F)(F)F)cc2)Oc2ccc(NS(=O)(=O)c3cccs3)cc2C1=O. The minimum absolute atomic E-state index is 0.0371. The van der Waals surface area contributed by atoms with E-state index in [9.17, 15) is 36.3 Å². The Morgan fingerprint density at radius 1 is 1.19 bits per heavy atom. The molecule has 0 fully saturated rings. The predicted molar refractivity (Wildman–Crippen MR) is 156 cm³/mol. The molecule has 0 unspecified atom stereocenters. The van der Waals surface area contributed by atoms with Crippen LogP contribution >= 0.6 is 11.3 Å². The van der Waals surface area contributed by atoms with E-state index in [1.807, 2.05) is 6.92 Å². The zero-order chi connectivity index (χ0) is 31.5. The van der Waals surface area contributed by atoms with E-state index in [2.05, 4.69) is 10.0 Å². The number of halogens is 3. The lowest BCUT2D eigenvalue weighted by molar-refractivity contribution is -0.137. The summed E-state index contributed by atoms with van der Waals surface area (Å²) in [6.07, 6.45) is -5.16. The molecule has 0 saturated heterocycles. The number of carbonyl (C=O) groups excluding carboxylic acids is 2. The Bertz CT molecular complexity index is 1550. The van der Waals surface area contributed by atoms with Gasteiger partial charge in [-0.05, 0) is 60.8 Å². The summed E-state index contributed by atoms with van der Waals surface area (Å²) in [5, 5.41) is 14.0. The molecule has 0 spiro atoms. The summed E-state index contributed by atoms with van der Waals surface area (Å²) in [6, 6.07) is 10.2. The number of nitrogens with zero attached hydrogens (tertiary/aromatic N) is 2. The fourth-order valence-corrected chi connectivity index (χ4v) is 6.48. The first-order valence-electron chi connectivity index (χ1n) is 13.2. The van der Waals surface area contributed by atoms with E-state index in [-0.39, 0.29) is 52.5 Å². The van der Waals surface area contributed by atoms with Gasteiger partial charge in [0.05, 0.1) is 30.3 Å². The van der Waals surface area contributed by atoms with E-state index in [0.717, 1.165) is 35.6 Å². The maximum atomic E-state index is 13.6. The lowest BCUT2D eigenvalue weighted by Crippen LogP contribution is -2.50. The minimum atomic E-state index is -4.50. The molecule has 0 aliphatic carbocycles. The second kappa shape index (κ2) is 12.8. The molecule has 4 rings (SSSR count). The number of hydrogen-bond donors (Lipinski definition) is 3. The van der Waals surface area contributed by atoms with Crippen molar-refractivity contribution in [1.29, 1.82) is 0 Å². The molecule has 1 aliphatic heterocycles. The minimum Gasteiger partial charge on any atom is -0.487 e. The number of anilines is 2. The number of benzene rings is 2. The van der Waals surface area contributed by atoms with Crippen molar-refractivity contribution in [3.63, 3.8) is 0 Å². The van der Waals surface area contributed by atoms with Gasteiger partial charge in [0.25, 0.3) is 15.9 Å². The quantitative estimate of drug-likeness (QED) is 0.320. The van der Waals surface area contributed by atoms with Gasteiger partial charge < -0.3 is 25.0 Å². The van der Waals surface area contributed by atoms with Crippen LogP contribution in [-0.2, 0) is 16.2 Å². The van der Waals surface area contributed by atoms with Crippen LogP contribution in [-0.4, -0.2) is 74.2 Å². The highest BCUT2D eigenvalue weighted by Crippen LogP contribution is 2.32. The summed E-state index contributed by atoms with van der Waals surface area (Å²) >= 11 is 1.04. The van der Waals surface area contributed by atoms with Crippen molar-refractivity contribution >= 4 is 44.7 Å². The predicted octanol–water partition coefficient (Wildman–Crippen LogP) is 4.95. The van der Waals surface area contributed by atoms with Crippen LogP contribution in [0.3, 0.4) is 0 Å². The first-order chi connectivity index (χ1) is 20.2. The van der Waals surface area contributed by atoms with Gasteiger partial charge >= 0.3 is 12.2 Å². The second-order valence-electron chi connectivity index (χ2n) is 10.3. The number of fused-ring (bicyclic) bond motifs is 1. The molecule has 0 saturated carbocycles. The van der Waals surface area contributed by atoms with Crippen LogP contribution in [0.25, 0.3) is 0 Å². The summed E-state index contributed by atoms with van der Waals surface area (Å²) < 4.78 is 73.0. The van der Waals surface area contributed by atoms with E-state index in [4.69, 9.17) is 4.74 Å². The molecule has 2 aromatic carbocycles. The monoisotopic (exact) mass is 640 g/mol. The maximum Gasteiger partial charge on any atom is 0.416 e. The molecule has 43 heavy (non-hydrogen) atoms. The van der Waals surface area contributed by atoms with Gasteiger partial charge in [0.2, 0.25) is 0 Å². The number of alkyl halides is 3. The van der Waals surface area contributed by atoms with Gasteiger partial charge in [0, 0.05) is 30.9 Å². The van der Waals surface area contributed by atoms with Crippen molar-refractivity contribution in [2.45, 2.75) is 36.4 Å². The molecule has 3 aromatic rings. The number of aliphatic hydroxyl groups excluding tert-OH is 1. The third-order valence-electron chi connectivity index (χ3n) is 6.94. The van der Waals surface area contributed by atoms with E-state index >= 15 is 0 Å². The summed E-state index contributed by atoms with van der Waals surface area (Å²) in [7, 11) is -2.39. The van der Waals surface area contributed by atoms with E-state index in [1.165, 1.54) is 41.1 Å². The van der Waals surface area contributed by atoms with Gasteiger partial charge in [-0.25, -0.2) is 13.2 Å². The highest BCUT2D eigenvalue weighted by Gasteiger charge is 2.35. The molecular formula is C28H31F3N4O6S2. The Kier molecular flexibility index (Phi) is 9.57. The number of urea groups is 1. The summed E-state index contributed by atoms with van der Waals surface area (Å²) in [4.78, 5) is 29.3. The van der Waals surface area contributed by atoms with E-state index < -0.39 is 45.8 Å². The third kappa shape index (κ3) is 7.58. The Morgan fingerprint density at radius 3 is 2.47 bits per heavy atom. The van der Waals surface area contributed by atoms with Crippen molar-refractivity contribution in [2.75, 3.05) is 36.8 Å². The summed E-state index contributed by atoms with van der Waals surface area (Å²) in [6.45, 7) is 3.37. The number of likely N-dealkylation sites (N-methyl/N-ethyl adjacent to an activating group) is 1. The lowest BCUT2D eigenvalue weighted by Gasteiger charge is -2.38. The molecule has 232 valence electrons. The topological polar surface area (TPSA) is 128 Å². The van der Waals surface area contributed by atoms with Crippen LogP contribution in [0, 0.1) is 5.92 Å². The van der Waals surface area contributed by atoms with Crippen LogP contribution < -0.4 is 14.8 Å². The van der Waals surface area contributed by atoms with Gasteiger partial charge in [-0.1, -0.05) is 13.0 Å². The number of rotatable bonds is 8.